The maximum Gasteiger partial charge on any atom is 0.137 e. The summed E-state index contributed by atoms with van der Waals surface area (Å²) in [6.45, 7) is 6.55. The second-order valence-corrected chi connectivity index (χ2v) is 6.74. The Balaban J connectivity index is 1.98. The first-order chi connectivity index (χ1) is 9.49. The largest absolute Gasteiger partial charge is 0.458 e. The highest BCUT2D eigenvalue weighted by Gasteiger charge is 2.39. The van der Waals surface area contributed by atoms with Crippen LogP contribution >= 0.6 is 0 Å². The van der Waals surface area contributed by atoms with Crippen molar-refractivity contribution in [2.75, 3.05) is 0 Å². The minimum Gasteiger partial charge on any atom is -0.458 e. The minimum absolute atomic E-state index is 0.586. The molecule has 2 aromatic rings. The molecule has 3 rings (SSSR count). The van der Waals surface area contributed by atoms with Gasteiger partial charge >= 0.3 is 0 Å². The standard InChI is InChI=1S/C18H24O2/c1-12(2)15-8-5-9-18(19,11-15)16-10-14-7-4-6-13(3)17(14)20-16/h4,6-7,10,12,15,19H,5,8-9,11H2,1-3H3. The SMILES string of the molecule is Cc1cccc2cc(C3(O)CCCC(C(C)C)C3)oc12. The molecule has 0 aliphatic heterocycles. The topological polar surface area (TPSA) is 33.4 Å². The first-order valence-electron chi connectivity index (χ1n) is 7.71. The van der Waals surface area contributed by atoms with Gasteiger partial charge in [-0.05, 0) is 56.1 Å². The fourth-order valence-corrected chi connectivity index (χ4v) is 3.53. The minimum atomic E-state index is -0.779. The molecule has 0 spiro atoms. The van der Waals surface area contributed by atoms with Crippen LogP contribution in [0, 0.1) is 18.8 Å². The molecule has 1 aromatic heterocycles. The van der Waals surface area contributed by atoms with Crippen LogP contribution in [0.1, 0.15) is 50.9 Å². The predicted octanol–water partition coefficient (Wildman–Crippen LogP) is 4.78. The molecule has 0 saturated heterocycles. The molecule has 1 saturated carbocycles. The third-order valence-corrected chi connectivity index (χ3v) is 4.91. The van der Waals surface area contributed by atoms with E-state index in [0.29, 0.717) is 11.8 Å². The van der Waals surface area contributed by atoms with Gasteiger partial charge in [-0.1, -0.05) is 32.0 Å². The Hall–Kier alpha value is -1.28. The second-order valence-electron chi connectivity index (χ2n) is 6.74. The Morgan fingerprint density at radius 3 is 2.85 bits per heavy atom. The molecule has 2 heteroatoms. The third kappa shape index (κ3) is 2.26. The van der Waals surface area contributed by atoms with Gasteiger partial charge in [0.2, 0.25) is 0 Å². The summed E-state index contributed by atoms with van der Waals surface area (Å²) in [4.78, 5) is 0. The first-order valence-corrected chi connectivity index (χ1v) is 7.71. The Morgan fingerprint density at radius 1 is 1.35 bits per heavy atom. The molecular formula is C18H24O2. The average Bonchev–Trinajstić information content (AvgIpc) is 2.85. The number of para-hydroxylation sites is 1. The zero-order valence-corrected chi connectivity index (χ0v) is 12.6. The van der Waals surface area contributed by atoms with E-state index >= 15 is 0 Å². The lowest BCUT2D eigenvalue weighted by Crippen LogP contribution is -2.34. The van der Waals surface area contributed by atoms with Crippen molar-refractivity contribution in [2.45, 2.75) is 52.1 Å². The van der Waals surface area contributed by atoms with Crippen LogP contribution in [0.25, 0.3) is 11.0 Å². The van der Waals surface area contributed by atoms with Gasteiger partial charge in [0, 0.05) is 5.39 Å². The Morgan fingerprint density at radius 2 is 2.15 bits per heavy atom. The number of aliphatic hydroxyl groups is 1. The molecule has 108 valence electrons. The van der Waals surface area contributed by atoms with E-state index in [9.17, 15) is 5.11 Å². The van der Waals surface area contributed by atoms with Crippen molar-refractivity contribution in [1.82, 2.24) is 0 Å². The summed E-state index contributed by atoms with van der Waals surface area (Å²) in [5.41, 5.74) is 1.27. The van der Waals surface area contributed by atoms with Gasteiger partial charge in [0.1, 0.15) is 16.9 Å². The normalized spacial score (nSPS) is 27.4. The van der Waals surface area contributed by atoms with E-state index in [4.69, 9.17) is 4.42 Å². The van der Waals surface area contributed by atoms with E-state index in [-0.39, 0.29) is 0 Å². The zero-order valence-electron chi connectivity index (χ0n) is 12.6. The van der Waals surface area contributed by atoms with Gasteiger partial charge in [-0.15, -0.1) is 0 Å². The highest BCUT2D eigenvalue weighted by Crippen LogP contribution is 2.44. The van der Waals surface area contributed by atoms with Crippen LogP contribution in [-0.2, 0) is 5.60 Å². The molecule has 1 heterocycles. The molecule has 20 heavy (non-hydrogen) atoms. The number of aryl methyl sites for hydroxylation is 1. The van der Waals surface area contributed by atoms with Crippen molar-refractivity contribution in [2.24, 2.45) is 11.8 Å². The van der Waals surface area contributed by atoms with Gasteiger partial charge in [-0.3, -0.25) is 0 Å². The molecule has 1 aromatic carbocycles. The molecule has 2 atom stereocenters. The van der Waals surface area contributed by atoms with E-state index in [2.05, 4.69) is 32.9 Å². The molecule has 1 aliphatic carbocycles. The van der Waals surface area contributed by atoms with Crippen LogP contribution in [0.15, 0.2) is 28.7 Å². The zero-order chi connectivity index (χ0) is 14.3. The van der Waals surface area contributed by atoms with Gasteiger partial charge < -0.3 is 9.52 Å². The monoisotopic (exact) mass is 272 g/mol. The number of rotatable bonds is 2. The smallest absolute Gasteiger partial charge is 0.137 e. The number of furan rings is 1. The summed E-state index contributed by atoms with van der Waals surface area (Å²) in [5.74, 6) is 1.96. The summed E-state index contributed by atoms with van der Waals surface area (Å²) in [6, 6.07) is 8.18. The van der Waals surface area contributed by atoms with Crippen LogP contribution in [-0.4, -0.2) is 5.11 Å². The maximum atomic E-state index is 11.1. The van der Waals surface area contributed by atoms with Gasteiger partial charge in [-0.2, -0.15) is 0 Å². The lowest BCUT2D eigenvalue weighted by atomic mass is 9.72. The van der Waals surface area contributed by atoms with Crippen molar-refractivity contribution >= 4 is 11.0 Å². The van der Waals surface area contributed by atoms with Crippen LogP contribution < -0.4 is 0 Å². The summed E-state index contributed by atoms with van der Waals surface area (Å²) in [6.07, 6.45) is 3.94. The average molecular weight is 272 g/mol. The molecule has 1 aliphatic rings. The molecule has 1 N–H and O–H groups in total. The summed E-state index contributed by atoms with van der Waals surface area (Å²) >= 11 is 0. The van der Waals surface area contributed by atoms with Crippen LogP contribution in [0.2, 0.25) is 0 Å². The van der Waals surface area contributed by atoms with Crippen molar-refractivity contribution in [3.63, 3.8) is 0 Å². The Labute approximate surface area is 120 Å². The van der Waals surface area contributed by atoms with Crippen LogP contribution in [0.4, 0.5) is 0 Å². The van der Waals surface area contributed by atoms with Gasteiger partial charge in [0.05, 0.1) is 0 Å². The van der Waals surface area contributed by atoms with E-state index in [0.717, 1.165) is 41.6 Å². The Bertz CT molecular complexity index is 611. The van der Waals surface area contributed by atoms with Crippen LogP contribution in [0.5, 0.6) is 0 Å². The maximum absolute atomic E-state index is 11.1. The first kappa shape index (κ1) is 13.7. The second kappa shape index (κ2) is 4.92. The molecule has 0 radical (unpaired) electrons. The molecule has 1 fully saturated rings. The van der Waals surface area contributed by atoms with Crippen molar-refractivity contribution in [3.05, 3.63) is 35.6 Å². The lowest BCUT2D eigenvalue weighted by molar-refractivity contribution is -0.0450. The summed E-state index contributed by atoms with van der Waals surface area (Å²) in [7, 11) is 0. The predicted molar refractivity (Wildman–Crippen MR) is 81.6 cm³/mol. The van der Waals surface area contributed by atoms with Crippen LogP contribution in [0.3, 0.4) is 0 Å². The number of hydrogen-bond donors (Lipinski definition) is 1. The van der Waals surface area contributed by atoms with E-state index in [1.807, 2.05) is 12.1 Å². The number of hydrogen-bond acceptors (Lipinski definition) is 2. The van der Waals surface area contributed by atoms with Gasteiger partial charge in [0.15, 0.2) is 0 Å². The lowest BCUT2D eigenvalue weighted by Gasteiger charge is -2.37. The van der Waals surface area contributed by atoms with Gasteiger partial charge in [0.25, 0.3) is 0 Å². The number of fused-ring (bicyclic) bond motifs is 1. The molecule has 2 unspecified atom stereocenters. The fourth-order valence-electron chi connectivity index (χ4n) is 3.53. The van der Waals surface area contributed by atoms with E-state index < -0.39 is 5.60 Å². The third-order valence-electron chi connectivity index (χ3n) is 4.91. The molecule has 2 nitrogen and oxygen atoms in total. The van der Waals surface area contributed by atoms with E-state index in [1.165, 1.54) is 6.42 Å². The van der Waals surface area contributed by atoms with E-state index in [1.54, 1.807) is 0 Å². The summed E-state index contributed by atoms with van der Waals surface area (Å²) < 4.78 is 6.02. The highest BCUT2D eigenvalue weighted by molar-refractivity contribution is 5.81. The Kier molecular flexibility index (Phi) is 3.37. The van der Waals surface area contributed by atoms with Gasteiger partial charge in [-0.25, -0.2) is 0 Å². The molecule has 0 bridgehead atoms. The fraction of sp³-hybridized carbons (Fsp3) is 0.556. The highest BCUT2D eigenvalue weighted by atomic mass is 16.4. The van der Waals surface area contributed by atoms with Crippen molar-refractivity contribution < 1.29 is 9.52 Å². The summed E-state index contributed by atoms with van der Waals surface area (Å²) in [5, 5.41) is 12.2. The molecular weight excluding hydrogens is 248 g/mol. The van der Waals surface area contributed by atoms with Crippen molar-refractivity contribution in [3.8, 4) is 0 Å². The number of benzene rings is 1. The van der Waals surface area contributed by atoms with Crippen molar-refractivity contribution in [1.29, 1.82) is 0 Å². The quantitative estimate of drug-likeness (QED) is 0.854. The molecule has 0 amide bonds.